The number of carboxylic acid groups (broad SMARTS) is 1. The summed E-state index contributed by atoms with van der Waals surface area (Å²) in [5, 5.41) is 12.2. The first-order valence-electron chi connectivity index (χ1n) is 8.73. The summed E-state index contributed by atoms with van der Waals surface area (Å²) in [7, 11) is 0. The lowest BCUT2D eigenvalue weighted by Crippen LogP contribution is -2.53. The number of carbonyl (C=O) groups is 3. The monoisotopic (exact) mass is 342 g/mol. The first kappa shape index (κ1) is 20.4. The standard InChI is InChI=1S/C17H30N2O5/c1-5-24-17(23)13(9-8-11(2)3)18-12(4)15(20)19-10-6-7-14(19)16(21)22/h11-14,18H,5-10H2,1-4H3,(H,21,22)/t12-,13-,14-/m0/s1. The van der Waals surface area contributed by atoms with Crippen LogP contribution in [0.2, 0.25) is 0 Å². The van der Waals surface area contributed by atoms with Crippen molar-refractivity contribution in [1.82, 2.24) is 10.2 Å². The average Bonchev–Trinajstić information content (AvgIpc) is 3.00. The lowest BCUT2D eigenvalue weighted by molar-refractivity contribution is -0.150. The Labute approximate surface area is 143 Å². The van der Waals surface area contributed by atoms with Crippen molar-refractivity contribution in [3.8, 4) is 0 Å². The van der Waals surface area contributed by atoms with Crippen LogP contribution < -0.4 is 5.32 Å². The highest BCUT2D eigenvalue weighted by Gasteiger charge is 2.36. The third kappa shape index (κ3) is 5.78. The van der Waals surface area contributed by atoms with Gasteiger partial charge in [-0.15, -0.1) is 0 Å². The second-order valence-corrected chi connectivity index (χ2v) is 6.69. The van der Waals surface area contributed by atoms with Gasteiger partial charge >= 0.3 is 11.9 Å². The molecule has 0 aromatic carbocycles. The molecule has 1 heterocycles. The van der Waals surface area contributed by atoms with Crippen molar-refractivity contribution in [2.45, 2.75) is 71.5 Å². The molecule has 0 aliphatic carbocycles. The second-order valence-electron chi connectivity index (χ2n) is 6.69. The summed E-state index contributed by atoms with van der Waals surface area (Å²) >= 11 is 0. The number of aliphatic carboxylic acids is 1. The van der Waals surface area contributed by atoms with Gasteiger partial charge < -0.3 is 14.7 Å². The van der Waals surface area contributed by atoms with Gasteiger partial charge in [0.1, 0.15) is 12.1 Å². The van der Waals surface area contributed by atoms with Gasteiger partial charge in [0.05, 0.1) is 12.6 Å². The van der Waals surface area contributed by atoms with Crippen molar-refractivity contribution in [2.24, 2.45) is 5.92 Å². The van der Waals surface area contributed by atoms with Crippen molar-refractivity contribution in [3.63, 3.8) is 0 Å². The van der Waals surface area contributed by atoms with E-state index in [1.165, 1.54) is 4.90 Å². The van der Waals surface area contributed by atoms with E-state index in [9.17, 15) is 19.5 Å². The molecule has 0 unspecified atom stereocenters. The number of rotatable bonds is 9. The molecule has 0 saturated carbocycles. The van der Waals surface area contributed by atoms with Crippen molar-refractivity contribution in [1.29, 1.82) is 0 Å². The summed E-state index contributed by atoms with van der Waals surface area (Å²) in [5.41, 5.74) is 0. The second kappa shape index (κ2) is 9.61. The highest BCUT2D eigenvalue weighted by Crippen LogP contribution is 2.19. The van der Waals surface area contributed by atoms with Crippen molar-refractivity contribution < 1.29 is 24.2 Å². The predicted octanol–water partition coefficient (Wildman–Crippen LogP) is 1.41. The van der Waals surface area contributed by atoms with Gasteiger partial charge in [0.25, 0.3) is 0 Å². The number of carbonyl (C=O) groups excluding carboxylic acids is 2. The summed E-state index contributed by atoms with van der Waals surface area (Å²) in [4.78, 5) is 37.3. The topological polar surface area (TPSA) is 95.9 Å². The van der Waals surface area contributed by atoms with Gasteiger partial charge in [0.15, 0.2) is 0 Å². The van der Waals surface area contributed by atoms with E-state index in [-0.39, 0.29) is 18.5 Å². The molecule has 0 spiro atoms. The number of hydrogen-bond acceptors (Lipinski definition) is 5. The number of nitrogens with one attached hydrogen (secondary N) is 1. The van der Waals surface area contributed by atoms with Crippen LogP contribution in [0, 0.1) is 5.92 Å². The Morgan fingerprint density at radius 2 is 1.92 bits per heavy atom. The molecule has 24 heavy (non-hydrogen) atoms. The number of nitrogens with zero attached hydrogens (tertiary/aromatic N) is 1. The van der Waals surface area contributed by atoms with Gasteiger partial charge in [-0.2, -0.15) is 0 Å². The number of esters is 1. The van der Waals surface area contributed by atoms with Gasteiger partial charge in [-0.3, -0.25) is 14.9 Å². The lowest BCUT2D eigenvalue weighted by atomic mass is 10.0. The fraction of sp³-hybridized carbons (Fsp3) is 0.824. The third-order valence-electron chi connectivity index (χ3n) is 4.25. The van der Waals surface area contributed by atoms with Crippen LogP contribution in [0.1, 0.15) is 53.4 Å². The molecule has 1 aliphatic rings. The molecule has 1 fully saturated rings. The van der Waals surface area contributed by atoms with Crippen LogP contribution in [0.4, 0.5) is 0 Å². The molecule has 0 bridgehead atoms. The normalized spacial score (nSPS) is 20.0. The number of hydrogen-bond donors (Lipinski definition) is 2. The molecule has 3 atom stereocenters. The molecular formula is C17H30N2O5. The zero-order valence-corrected chi connectivity index (χ0v) is 15.1. The number of amides is 1. The van der Waals surface area contributed by atoms with E-state index < -0.39 is 24.1 Å². The first-order chi connectivity index (χ1) is 11.3. The summed E-state index contributed by atoms with van der Waals surface area (Å²) < 4.78 is 5.08. The highest BCUT2D eigenvalue weighted by atomic mass is 16.5. The molecule has 1 saturated heterocycles. The summed E-state index contributed by atoms with van der Waals surface area (Å²) in [6, 6.07) is -1.96. The van der Waals surface area contributed by atoms with Gasteiger partial charge in [-0.1, -0.05) is 13.8 Å². The van der Waals surface area contributed by atoms with E-state index in [4.69, 9.17) is 4.74 Å². The molecular weight excluding hydrogens is 312 g/mol. The molecule has 1 rings (SSSR count). The minimum Gasteiger partial charge on any atom is -0.480 e. The Balaban J connectivity index is 2.71. The van der Waals surface area contributed by atoms with Gasteiger partial charge in [0.2, 0.25) is 5.91 Å². The summed E-state index contributed by atoms with van der Waals surface area (Å²) in [6.45, 7) is 8.28. The fourth-order valence-corrected chi connectivity index (χ4v) is 2.92. The van der Waals surface area contributed by atoms with Crippen LogP contribution in [0.5, 0.6) is 0 Å². The maximum atomic E-state index is 12.6. The van der Waals surface area contributed by atoms with Crippen molar-refractivity contribution in [2.75, 3.05) is 13.2 Å². The Morgan fingerprint density at radius 3 is 2.46 bits per heavy atom. The largest absolute Gasteiger partial charge is 0.480 e. The van der Waals surface area contributed by atoms with Crippen LogP contribution in [0.3, 0.4) is 0 Å². The Morgan fingerprint density at radius 1 is 1.25 bits per heavy atom. The molecule has 7 nitrogen and oxygen atoms in total. The number of carboxylic acids is 1. The molecule has 0 aromatic heterocycles. The molecule has 2 N–H and O–H groups in total. The van der Waals surface area contributed by atoms with E-state index in [1.807, 2.05) is 0 Å². The SMILES string of the molecule is CCOC(=O)[C@H](CCC(C)C)N[C@@H](C)C(=O)N1CCC[C@H]1C(=O)O. The lowest BCUT2D eigenvalue weighted by Gasteiger charge is -2.28. The minimum absolute atomic E-state index is 0.279. The zero-order valence-electron chi connectivity index (χ0n) is 15.1. The quantitative estimate of drug-likeness (QED) is 0.615. The molecule has 0 radical (unpaired) electrons. The first-order valence-corrected chi connectivity index (χ1v) is 8.73. The molecule has 0 aromatic rings. The van der Waals surface area contributed by atoms with E-state index in [2.05, 4.69) is 19.2 Å². The summed E-state index contributed by atoms with van der Waals surface area (Å²) in [6.07, 6.45) is 2.57. The third-order valence-corrected chi connectivity index (χ3v) is 4.25. The van der Waals surface area contributed by atoms with Crippen LogP contribution in [0.25, 0.3) is 0 Å². The van der Waals surface area contributed by atoms with E-state index >= 15 is 0 Å². The van der Waals surface area contributed by atoms with Crippen molar-refractivity contribution in [3.05, 3.63) is 0 Å². The van der Waals surface area contributed by atoms with Crippen LogP contribution in [-0.4, -0.2) is 59.1 Å². The Hall–Kier alpha value is -1.63. The van der Waals surface area contributed by atoms with E-state index in [0.717, 1.165) is 6.42 Å². The molecule has 1 aliphatic heterocycles. The van der Waals surface area contributed by atoms with Crippen LogP contribution in [-0.2, 0) is 19.1 Å². The smallest absolute Gasteiger partial charge is 0.326 e. The maximum absolute atomic E-state index is 12.6. The highest BCUT2D eigenvalue weighted by molar-refractivity contribution is 5.88. The van der Waals surface area contributed by atoms with Gasteiger partial charge in [0, 0.05) is 6.54 Å². The van der Waals surface area contributed by atoms with E-state index in [0.29, 0.717) is 31.7 Å². The minimum atomic E-state index is -0.977. The zero-order chi connectivity index (χ0) is 18.3. The van der Waals surface area contributed by atoms with Gasteiger partial charge in [-0.05, 0) is 45.4 Å². The van der Waals surface area contributed by atoms with Crippen LogP contribution in [0.15, 0.2) is 0 Å². The molecule has 1 amide bonds. The predicted molar refractivity (Wildman–Crippen MR) is 89.5 cm³/mol. The summed E-state index contributed by atoms with van der Waals surface area (Å²) in [5.74, 6) is -1.19. The van der Waals surface area contributed by atoms with Gasteiger partial charge in [-0.25, -0.2) is 4.79 Å². The molecule has 7 heteroatoms. The Bertz CT molecular complexity index is 452. The maximum Gasteiger partial charge on any atom is 0.326 e. The van der Waals surface area contributed by atoms with E-state index in [1.54, 1.807) is 13.8 Å². The Kier molecular flexibility index (Phi) is 8.18. The molecule has 138 valence electrons. The average molecular weight is 342 g/mol. The van der Waals surface area contributed by atoms with Crippen LogP contribution >= 0.6 is 0 Å². The number of ether oxygens (including phenoxy) is 1. The number of likely N-dealkylation sites (tertiary alicyclic amines) is 1. The fourth-order valence-electron chi connectivity index (χ4n) is 2.92. The van der Waals surface area contributed by atoms with Crippen molar-refractivity contribution >= 4 is 17.8 Å².